The zero-order chi connectivity index (χ0) is 8.97. The van der Waals surface area contributed by atoms with Crippen molar-refractivity contribution < 1.29 is 0 Å². The van der Waals surface area contributed by atoms with Crippen molar-refractivity contribution >= 4 is 0 Å². The Labute approximate surface area is 75.6 Å². The molecule has 0 bridgehead atoms. The quantitative estimate of drug-likeness (QED) is 0.624. The summed E-state index contributed by atoms with van der Waals surface area (Å²) in [6.07, 6.45) is 4.35. The number of allylic oxidation sites excluding steroid dienone is 1. The molecule has 1 saturated heterocycles. The molecule has 0 spiro atoms. The van der Waals surface area contributed by atoms with Crippen LogP contribution in [0.1, 0.15) is 20.8 Å². The fraction of sp³-hybridized carbons (Fsp3) is 0.800. The molecular weight excluding hydrogens is 148 g/mol. The minimum Gasteiger partial charge on any atom is -0.309 e. The summed E-state index contributed by atoms with van der Waals surface area (Å²) in [6, 6.07) is 1.28. The maximum absolute atomic E-state index is 3.52. The van der Waals surface area contributed by atoms with E-state index in [1.165, 1.54) is 13.1 Å². The van der Waals surface area contributed by atoms with E-state index in [4.69, 9.17) is 0 Å². The van der Waals surface area contributed by atoms with Gasteiger partial charge in [0.05, 0.1) is 0 Å². The first-order chi connectivity index (χ1) is 5.72. The normalized spacial score (nSPS) is 32.9. The number of hydrogen-bond acceptors (Lipinski definition) is 2. The molecule has 12 heavy (non-hydrogen) atoms. The molecule has 1 rings (SSSR count). The Kier molecular flexibility index (Phi) is 3.76. The van der Waals surface area contributed by atoms with Crippen molar-refractivity contribution in [3.63, 3.8) is 0 Å². The summed E-state index contributed by atoms with van der Waals surface area (Å²) in [5.41, 5.74) is 0. The predicted octanol–water partition coefficient (Wildman–Crippen LogP) is 1.24. The van der Waals surface area contributed by atoms with E-state index in [1.807, 2.05) is 0 Å². The first-order valence-corrected chi connectivity index (χ1v) is 4.82. The van der Waals surface area contributed by atoms with E-state index < -0.39 is 0 Å². The van der Waals surface area contributed by atoms with Crippen LogP contribution in [0.4, 0.5) is 0 Å². The van der Waals surface area contributed by atoms with Crippen LogP contribution >= 0.6 is 0 Å². The molecule has 0 aromatic rings. The van der Waals surface area contributed by atoms with Gasteiger partial charge in [-0.25, -0.2) is 0 Å². The van der Waals surface area contributed by atoms with Crippen LogP contribution in [0.2, 0.25) is 0 Å². The van der Waals surface area contributed by atoms with Crippen molar-refractivity contribution in [1.82, 2.24) is 10.2 Å². The third kappa shape index (κ3) is 2.95. The smallest absolute Gasteiger partial charge is 0.0169 e. The maximum atomic E-state index is 3.52. The van der Waals surface area contributed by atoms with Gasteiger partial charge in [0, 0.05) is 31.7 Å². The average molecular weight is 168 g/mol. The van der Waals surface area contributed by atoms with Gasteiger partial charge in [0.2, 0.25) is 0 Å². The Bertz CT molecular complexity index is 144. The van der Waals surface area contributed by atoms with Gasteiger partial charge in [0.25, 0.3) is 0 Å². The van der Waals surface area contributed by atoms with E-state index in [9.17, 15) is 0 Å². The first-order valence-electron chi connectivity index (χ1n) is 4.82. The lowest BCUT2D eigenvalue weighted by atomic mass is 10.1. The fourth-order valence-electron chi connectivity index (χ4n) is 1.84. The molecule has 1 fully saturated rings. The van der Waals surface area contributed by atoms with Crippen molar-refractivity contribution in [2.45, 2.75) is 32.9 Å². The Morgan fingerprint density at radius 2 is 1.92 bits per heavy atom. The van der Waals surface area contributed by atoms with Crippen molar-refractivity contribution in [3.8, 4) is 0 Å². The van der Waals surface area contributed by atoms with Gasteiger partial charge in [0.1, 0.15) is 0 Å². The van der Waals surface area contributed by atoms with E-state index >= 15 is 0 Å². The minimum absolute atomic E-state index is 0.638. The lowest BCUT2D eigenvalue weighted by Gasteiger charge is -2.35. The summed E-state index contributed by atoms with van der Waals surface area (Å²) in [7, 11) is 0. The van der Waals surface area contributed by atoms with E-state index in [2.05, 4.69) is 43.1 Å². The number of piperazine rings is 1. The Hall–Kier alpha value is -0.340. The zero-order valence-corrected chi connectivity index (χ0v) is 8.38. The van der Waals surface area contributed by atoms with Gasteiger partial charge < -0.3 is 5.32 Å². The Balaban J connectivity index is 2.33. The molecule has 2 atom stereocenters. The SMILES string of the molecule is CC=CCN1CC(C)NC(C)C1. The van der Waals surface area contributed by atoms with Crippen LogP contribution in [0.3, 0.4) is 0 Å². The fourth-order valence-corrected chi connectivity index (χ4v) is 1.84. The molecule has 1 aliphatic rings. The van der Waals surface area contributed by atoms with Gasteiger partial charge >= 0.3 is 0 Å². The molecular formula is C10H20N2. The second-order valence-electron chi connectivity index (χ2n) is 3.76. The highest BCUT2D eigenvalue weighted by Gasteiger charge is 2.19. The average Bonchev–Trinajstić information content (AvgIpc) is 1.99. The van der Waals surface area contributed by atoms with E-state index in [0.717, 1.165) is 6.54 Å². The maximum Gasteiger partial charge on any atom is 0.0169 e. The number of nitrogens with zero attached hydrogens (tertiary/aromatic N) is 1. The lowest BCUT2D eigenvalue weighted by molar-refractivity contribution is 0.189. The lowest BCUT2D eigenvalue weighted by Crippen LogP contribution is -2.54. The molecule has 1 N–H and O–H groups in total. The zero-order valence-electron chi connectivity index (χ0n) is 8.38. The highest BCUT2D eigenvalue weighted by Crippen LogP contribution is 2.03. The van der Waals surface area contributed by atoms with Crippen LogP contribution in [-0.2, 0) is 0 Å². The molecule has 0 amide bonds. The number of hydrogen-bond donors (Lipinski definition) is 1. The molecule has 2 unspecified atom stereocenters. The Morgan fingerprint density at radius 3 is 2.42 bits per heavy atom. The summed E-state index contributed by atoms with van der Waals surface area (Å²) >= 11 is 0. The van der Waals surface area contributed by atoms with Crippen molar-refractivity contribution in [1.29, 1.82) is 0 Å². The largest absolute Gasteiger partial charge is 0.309 e. The standard InChI is InChI=1S/C10H20N2/c1-4-5-6-12-7-9(2)11-10(3)8-12/h4-5,9-11H,6-8H2,1-3H3. The topological polar surface area (TPSA) is 15.3 Å². The van der Waals surface area contributed by atoms with Crippen LogP contribution in [0.15, 0.2) is 12.2 Å². The van der Waals surface area contributed by atoms with E-state index in [1.54, 1.807) is 0 Å². The van der Waals surface area contributed by atoms with E-state index in [-0.39, 0.29) is 0 Å². The van der Waals surface area contributed by atoms with Crippen LogP contribution in [0.5, 0.6) is 0 Å². The molecule has 2 heteroatoms. The van der Waals surface area contributed by atoms with Crippen molar-refractivity contribution in [3.05, 3.63) is 12.2 Å². The molecule has 0 aliphatic carbocycles. The molecule has 1 aliphatic heterocycles. The minimum atomic E-state index is 0.638. The van der Waals surface area contributed by atoms with Crippen LogP contribution in [0.25, 0.3) is 0 Å². The van der Waals surface area contributed by atoms with Crippen LogP contribution in [-0.4, -0.2) is 36.6 Å². The number of rotatable bonds is 2. The van der Waals surface area contributed by atoms with Gasteiger partial charge in [-0.15, -0.1) is 0 Å². The van der Waals surface area contributed by atoms with E-state index in [0.29, 0.717) is 12.1 Å². The highest BCUT2D eigenvalue weighted by atomic mass is 15.2. The molecule has 0 radical (unpaired) electrons. The monoisotopic (exact) mass is 168 g/mol. The Morgan fingerprint density at radius 1 is 1.33 bits per heavy atom. The van der Waals surface area contributed by atoms with Gasteiger partial charge in [-0.1, -0.05) is 12.2 Å². The molecule has 1 heterocycles. The van der Waals surface area contributed by atoms with Gasteiger partial charge in [-0.3, -0.25) is 4.90 Å². The van der Waals surface area contributed by atoms with Crippen molar-refractivity contribution in [2.75, 3.05) is 19.6 Å². The van der Waals surface area contributed by atoms with Crippen molar-refractivity contribution in [2.24, 2.45) is 0 Å². The molecule has 0 saturated carbocycles. The third-order valence-electron chi connectivity index (χ3n) is 2.23. The summed E-state index contributed by atoms with van der Waals surface area (Å²) in [5.74, 6) is 0. The molecule has 70 valence electrons. The van der Waals surface area contributed by atoms with Crippen LogP contribution in [0, 0.1) is 0 Å². The van der Waals surface area contributed by atoms with Gasteiger partial charge in [0.15, 0.2) is 0 Å². The third-order valence-corrected chi connectivity index (χ3v) is 2.23. The molecule has 0 aromatic carbocycles. The second kappa shape index (κ2) is 4.63. The summed E-state index contributed by atoms with van der Waals surface area (Å²) < 4.78 is 0. The highest BCUT2D eigenvalue weighted by molar-refractivity contribution is 4.87. The number of nitrogens with one attached hydrogen (secondary N) is 1. The summed E-state index contributed by atoms with van der Waals surface area (Å²) in [6.45, 7) is 10.0. The first kappa shape index (κ1) is 9.75. The van der Waals surface area contributed by atoms with Crippen LogP contribution < -0.4 is 5.32 Å². The summed E-state index contributed by atoms with van der Waals surface area (Å²) in [5, 5.41) is 3.52. The van der Waals surface area contributed by atoms with Gasteiger partial charge in [-0.2, -0.15) is 0 Å². The van der Waals surface area contributed by atoms with Gasteiger partial charge in [-0.05, 0) is 20.8 Å². The second-order valence-corrected chi connectivity index (χ2v) is 3.76. The predicted molar refractivity (Wildman–Crippen MR) is 53.3 cm³/mol. The summed E-state index contributed by atoms with van der Waals surface area (Å²) in [4.78, 5) is 2.49. The molecule has 0 aromatic heterocycles. The molecule has 2 nitrogen and oxygen atoms in total.